The summed E-state index contributed by atoms with van der Waals surface area (Å²) in [5.41, 5.74) is 2.46. The van der Waals surface area contributed by atoms with E-state index in [4.69, 9.17) is 4.52 Å². The molecule has 0 spiro atoms. The Balaban J connectivity index is 2.43. The molecule has 0 aliphatic carbocycles. The van der Waals surface area contributed by atoms with Gasteiger partial charge < -0.3 is 14.9 Å². The number of aromatic nitrogens is 1. The van der Waals surface area contributed by atoms with Gasteiger partial charge in [0, 0.05) is 18.2 Å². The molecule has 2 rings (SSSR count). The number of hydrogen-bond acceptors (Lipinski definition) is 6. The van der Waals surface area contributed by atoms with Crippen LogP contribution in [0.3, 0.4) is 0 Å². The van der Waals surface area contributed by atoms with E-state index in [9.17, 15) is 15.2 Å². The summed E-state index contributed by atoms with van der Waals surface area (Å²) in [5, 5.41) is 27.2. The molecule has 0 aliphatic rings. The molecule has 1 aromatic heterocycles. The number of anilines is 1. The summed E-state index contributed by atoms with van der Waals surface area (Å²) in [6, 6.07) is 4.88. The molecule has 0 bridgehead atoms. The zero-order chi connectivity index (χ0) is 15.6. The lowest BCUT2D eigenvalue weighted by atomic mass is 10.0. The van der Waals surface area contributed by atoms with Gasteiger partial charge in [-0.15, -0.1) is 0 Å². The van der Waals surface area contributed by atoms with E-state index in [2.05, 4.69) is 10.5 Å². The Morgan fingerprint density at radius 3 is 2.71 bits per heavy atom. The molecule has 2 aromatic rings. The number of nitrogens with one attached hydrogen (secondary N) is 1. The van der Waals surface area contributed by atoms with Crippen LogP contribution in [0.2, 0.25) is 0 Å². The molecule has 7 heteroatoms. The second-order valence-electron chi connectivity index (χ2n) is 4.92. The predicted octanol–water partition coefficient (Wildman–Crippen LogP) is 2.66. The fourth-order valence-electron chi connectivity index (χ4n) is 2.14. The van der Waals surface area contributed by atoms with E-state index in [1.165, 1.54) is 6.07 Å². The van der Waals surface area contributed by atoms with Gasteiger partial charge in [0.15, 0.2) is 0 Å². The van der Waals surface area contributed by atoms with E-state index in [0.29, 0.717) is 22.7 Å². The standard InChI is InChI=1S/C14H17N3O4/c1-8(18)7-15-12-5-4-11(6-13(12)17(19)20)14-9(2)16-21-10(14)3/h4-6,8,15,18H,7H2,1-3H3. The Morgan fingerprint density at radius 1 is 1.48 bits per heavy atom. The van der Waals surface area contributed by atoms with Crippen LogP contribution >= 0.6 is 0 Å². The van der Waals surface area contributed by atoms with Crippen molar-refractivity contribution in [2.24, 2.45) is 0 Å². The number of nitro groups is 1. The van der Waals surface area contributed by atoms with E-state index in [1.807, 2.05) is 0 Å². The Bertz CT molecular complexity index is 645. The van der Waals surface area contributed by atoms with Crippen LogP contribution < -0.4 is 5.32 Å². The van der Waals surface area contributed by atoms with Crippen molar-refractivity contribution >= 4 is 11.4 Å². The van der Waals surface area contributed by atoms with Crippen LogP contribution in [0.1, 0.15) is 18.4 Å². The molecule has 0 fully saturated rings. The average Bonchev–Trinajstić information content (AvgIpc) is 2.75. The number of aliphatic hydroxyl groups is 1. The third-order valence-corrected chi connectivity index (χ3v) is 3.10. The molecule has 0 radical (unpaired) electrons. The highest BCUT2D eigenvalue weighted by Gasteiger charge is 2.19. The van der Waals surface area contributed by atoms with Crippen LogP contribution in [-0.4, -0.2) is 27.8 Å². The van der Waals surface area contributed by atoms with Crippen molar-refractivity contribution in [3.05, 3.63) is 39.8 Å². The molecule has 1 heterocycles. The Morgan fingerprint density at radius 2 is 2.19 bits per heavy atom. The minimum Gasteiger partial charge on any atom is -0.392 e. The number of aryl methyl sites for hydroxylation is 2. The molecule has 1 aromatic carbocycles. The van der Waals surface area contributed by atoms with Gasteiger partial charge in [-0.05, 0) is 32.4 Å². The third-order valence-electron chi connectivity index (χ3n) is 3.10. The maximum absolute atomic E-state index is 11.2. The largest absolute Gasteiger partial charge is 0.392 e. The summed E-state index contributed by atoms with van der Waals surface area (Å²) < 4.78 is 5.09. The highest BCUT2D eigenvalue weighted by atomic mass is 16.6. The van der Waals surface area contributed by atoms with Gasteiger partial charge in [-0.3, -0.25) is 10.1 Å². The lowest BCUT2D eigenvalue weighted by Crippen LogP contribution is -2.16. The molecule has 0 aliphatic heterocycles. The Labute approximate surface area is 121 Å². The van der Waals surface area contributed by atoms with Crippen LogP contribution in [0.25, 0.3) is 11.1 Å². The number of nitro benzene ring substituents is 1. The van der Waals surface area contributed by atoms with E-state index >= 15 is 0 Å². The normalized spacial score (nSPS) is 12.2. The number of nitrogens with zero attached hydrogens (tertiary/aromatic N) is 2. The fraction of sp³-hybridized carbons (Fsp3) is 0.357. The number of rotatable bonds is 5. The SMILES string of the molecule is Cc1noc(C)c1-c1ccc(NCC(C)O)c([N+](=O)[O-])c1. The van der Waals surface area contributed by atoms with Gasteiger partial charge in [0.2, 0.25) is 0 Å². The second kappa shape index (κ2) is 5.92. The molecule has 21 heavy (non-hydrogen) atoms. The van der Waals surface area contributed by atoms with E-state index in [0.717, 1.165) is 5.56 Å². The first-order valence-corrected chi connectivity index (χ1v) is 6.53. The van der Waals surface area contributed by atoms with Crippen molar-refractivity contribution in [3.8, 4) is 11.1 Å². The van der Waals surface area contributed by atoms with Crippen molar-refractivity contribution in [2.75, 3.05) is 11.9 Å². The van der Waals surface area contributed by atoms with Gasteiger partial charge in [0.1, 0.15) is 11.4 Å². The van der Waals surface area contributed by atoms with Crippen LogP contribution in [0.15, 0.2) is 22.7 Å². The van der Waals surface area contributed by atoms with Gasteiger partial charge in [-0.2, -0.15) is 0 Å². The minimum atomic E-state index is -0.591. The lowest BCUT2D eigenvalue weighted by molar-refractivity contribution is -0.383. The lowest BCUT2D eigenvalue weighted by Gasteiger charge is -2.10. The summed E-state index contributed by atoms with van der Waals surface area (Å²) in [6.07, 6.45) is -0.591. The topological polar surface area (TPSA) is 101 Å². The monoisotopic (exact) mass is 291 g/mol. The van der Waals surface area contributed by atoms with Crippen molar-refractivity contribution in [1.82, 2.24) is 5.16 Å². The summed E-state index contributed by atoms with van der Waals surface area (Å²) in [5.74, 6) is 0.617. The summed E-state index contributed by atoms with van der Waals surface area (Å²) >= 11 is 0. The molecule has 112 valence electrons. The highest BCUT2D eigenvalue weighted by Crippen LogP contribution is 2.33. The first-order valence-electron chi connectivity index (χ1n) is 6.53. The van der Waals surface area contributed by atoms with Crippen molar-refractivity contribution in [2.45, 2.75) is 26.9 Å². The van der Waals surface area contributed by atoms with E-state index < -0.39 is 11.0 Å². The molecule has 0 saturated heterocycles. The Kier molecular flexibility index (Phi) is 4.23. The molecule has 1 unspecified atom stereocenters. The molecule has 1 atom stereocenters. The quantitative estimate of drug-likeness (QED) is 0.648. The zero-order valence-corrected chi connectivity index (χ0v) is 12.1. The molecule has 2 N–H and O–H groups in total. The molecular formula is C14H17N3O4. The summed E-state index contributed by atoms with van der Waals surface area (Å²) in [4.78, 5) is 10.8. The van der Waals surface area contributed by atoms with Crippen LogP contribution in [0, 0.1) is 24.0 Å². The van der Waals surface area contributed by atoms with Crippen molar-refractivity contribution in [1.29, 1.82) is 0 Å². The molecule has 7 nitrogen and oxygen atoms in total. The zero-order valence-electron chi connectivity index (χ0n) is 12.1. The first-order chi connectivity index (χ1) is 9.90. The average molecular weight is 291 g/mol. The number of aliphatic hydroxyl groups excluding tert-OH is 1. The fourth-order valence-corrected chi connectivity index (χ4v) is 2.14. The smallest absolute Gasteiger partial charge is 0.292 e. The van der Waals surface area contributed by atoms with Gasteiger partial charge in [0.25, 0.3) is 5.69 Å². The summed E-state index contributed by atoms with van der Waals surface area (Å²) in [7, 11) is 0. The predicted molar refractivity (Wildman–Crippen MR) is 78.2 cm³/mol. The van der Waals surface area contributed by atoms with Gasteiger partial charge in [-0.1, -0.05) is 11.2 Å². The highest BCUT2D eigenvalue weighted by molar-refractivity contribution is 5.75. The maximum Gasteiger partial charge on any atom is 0.292 e. The van der Waals surface area contributed by atoms with Gasteiger partial charge in [0.05, 0.1) is 16.7 Å². The maximum atomic E-state index is 11.2. The van der Waals surface area contributed by atoms with Crippen LogP contribution in [0.5, 0.6) is 0 Å². The van der Waals surface area contributed by atoms with Crippen LogP contribution in [-0.2, 0) is 0 Å². The van der Waals surface area contributed by atoms with Crippen molar-refractivity contribution in [3.63, 3.8) is 0 Å². The second-order valence-corrected chi connectivity index (χ2v) is 4.92. The Hall–Kier alpha value is -2.41. The van der Waals surface area contributed by atoms with Crippen LogP contribution in [0.4, 0.5) is 11.4 Å². The number of benzene rings is 1. The third kappa shape index (κ3) is 3.19. The van der Waals surface area contributed by atoms with E-state index in [-0.39, 0.29) is 12.2 Å². The van der Waals surface area contributed by atoms with Crippen molar-refractivity contribution < 1.29 is 14.6 Å². The van der Waals surface area contributed by atoms with E-state index in [1.54, 1.807) is 32.9 Å². The molecule has 0 amide bonds. The minimum absolute atomic E-state index is 0.0480. The molecule has 0 saturated carbocycles. The number of hydrogen-bond donors (Lipinski definition) is 2. The molecular weight excluding hydrogens is 274 g/mol. The first kappa shape index (κ1) is 15.0. The van der Waals surface area contributed by atoms with Gasteiger partial charge in [-0.25, -0.2) is 0 Å². The summed E-state index contributed by atoms with van der Waals surface area (Å²) in [6.45, 7) is 5.40. The van der Waals surface area contributed by atoms with Gasteiger partial charge >= 0.3 is 0 Å².